The van der Waals surface area contributed by atoms with Crippen molar-refractivity contribution in [2.24, 2.45) is 0 Å². The summed E-state index contributed by atoms with van der Waals surface area (Å²) >= 11 is 0. The van der Waals surface area contributed by atoms with Crippen LogP contribution in [0.1, 0.15) is 56.9 Å². The second-order valence-electron chi connectivity index (χ2n) is 12.8. The van der Waals surface area contributed by atoms with Crippen LogP contribution in [0.15, 0.2) is 109 Å². The summed E-state index contributed by atoms with van der Waals surface area (Å²) in [7, 11) is 0. The SMILES string of the molecule is Cc1ccc(-c2ccccc2)cc1N(c1cc2c(cc1C)C(C)(C)c1ccc(-c3ccccc3)cc1-2)C(C)(C)C. The van der Waals surface area contributed by atoms with Crippen molar-refractivity contribution in [2.45, 2.75) is 59.4 Å². The maximum absolute atomic E-state index is 2.55. The van der Waals surface area contributed by atoms with Crippen LogP contribution in [0.5, 0.6) is 0 Å². The fraction of sp³-hybridized carbons (Fsp3) is 0.231. The molecule has 0 unspecified atom stereocenters. The summed E-state index contributed by atoms with van der Waals surface area (Å²) in [6.45, 7) is 16.2. The molecule has 0 N–H and O–H groups in total. The highest BCUT2D eigenvalue weighted by Gasteiger charge is 2.37. The smallest absolute Gasteiger partial charge is 0.0451 e. The van der Waals surface area contributed by atoms with Crippen molar-refractivity contribution in [3.63, 3.8) is 0 Å². The van der Waals surface area contributed by atoms with E-state index in [0.29, 0.717) is 0 Å². The standard InChI is InChI=1S/C39H39N/c1-26-18-19-31(29-16-12-9-13-17-29)24-36(26)40(38(3,4)5)37-25-33-32-23-30(28-14-10-8-11-15-28)20-21-34(32)39(6,7)35(33)22-27(37)2/h8-25H,1-7H3. The van der Waals surface area contributed by atoms with Crippen LogP contribution in [-0.4, -0.2) is 5.54 Å². The van der Waals surface area contributed by atoms with Gasteiger partial charge in [0.2, 0.25) is 0 Å². The van der Waals surface area contributed by atoms with Gasteiger partial charge in [0.15, 0.2) is 0 Å². The van der Waals surface area contributed by atoms with Crippen molar-refractivity contribution in [1.82, 2.24) is 0 Å². The van der Waals surface area contributed by atoms with E-state index in [1.165, 1.54) is 67.0 Å². The molecule has 0 bridgehead atoms. The zero-order valence-corrected chi connectivity index (χ0v) is 24.8. The van der Waals surface area contributed by atoms with Crippen LogP contribution in [-0.2, 0) is 5.41 Å². The number of hydrogen-bond donors (Lipinski definition) is 0. The summed E-state index contributed by atoms with van der Waals surface area (Å²) in [4.78, 5) is 2.55. The Morgan fingerprint density at radius 2 is 1.02 bits per heavy atom. The molecule has 0 atom stereocenters. The first-order valence-electron chi connectivity index (χ1n) is 14.4. The third kappa shape index (κ3) is 4.34. The molecule has 5 aromatic carbocycles. The van der Waals surface area contributed by atoms with Gasteiger partial charge in [0, 0.05) is 22.3 Å². The Morgan fingerprint density at radius 3 is 1.62 bits per heavy atom. The third-order valence-corrected chi connectivity index (χ3v) is 8.57. The van der Waals surface area contributed by atoms with Gasteiger partial charge in [-0.2, -0.15) is 0 Å². The first-order valence-corrected chi connectivity index (χ1v) is 14.4. The Bertz CT molecular complexity index is 1700. The van der Waals surface area contributed by atoms with E-state index in [2.05, 4.69) is 163 Å². The fourth-order valence-electron chi connectivity index (χ4n) is 6.46. The van der Waals surface area contributed by atoms with Crippen molar-refractivity contribution in [3.05, 3.63) is 131 Å². The lowest BCUT2D eigenvalue weighted by atomic mass is 9.81. The van der Waals surface area contributed by atoms with Crippen molar-refractivity contribution in [3.8, 4) is 33.4 Å². The Hall–Kier alpha value is -4.10. The van der Waals surface area contributed by atoms with E-state index in [1.807, 2.05) is 0 Å². The monoisotopic (exact) mass is 521 g/mol. The number of rotatable bonds is 4. The molecule has 5 aromatic rings. The van der Waals surface area contributed by atoms with Gasteiger partial charge in [0.05, 0.1) is 0 Å². The highest BCUT2D eigenvalue weighted by atomic mass is 15.2. The number of fused-ring (bicyclic) bond motifs is 3. The molecule has 0 saturated carbocycles. The largest absolute Gasteiger partial charge is 0.336 e. The summed E-state index contributed by atoms with van der Waals surface area (Å²) < 4.78 is 0. The molecule has 0 spiro atoms. The van der Waals surface area contributed by atoms with Crippen LogP contribution in [0, 0.1) is 13.8 Å². The van der Waals surface area contributed by atoms with Gasteiger partial charge in [-0.25, -0.2) is 0 Å². The van der Waals surface area contributed by atoms with Crippen LogP contribution in [0.25, 0.3) is 33.4 Å². The number of hydrogen-bond acceptors (Lipinski definition) is 1. The lowest BCUT2D eigenvalue weighted by Crippen LogP contribution is -2.38. The zero-order chi connectivity index (χ0) is 28.2. The predicted molar refractivity (Wildman–Crippen MR) is 173 cm³/mol. The maximum atomic E-state index is 2.55. The minimum atomic E-state index is -0.123. The summed E-state index contributed by atoms with van der Waals surface area (Å²) in [5.74, 6) is 0. The summed E-state index contributed by atoms with van der Waals surface area (Å²) in [5.41, 5.74) is 15.5. The highest BCUT2D eigenvalue weighted by molar-refractivity contribution is 5.88. The molecule has 0 amide bonds. The Morgan fingerprint density at radius 1 is 0.500 bits per heavy atom. The zero-order valence-electron chi connectivity index (χ0n) is 24.8. The topological polar surface area (TPSA) is 3.24 Å². The minimum absolute atomic E-state index is 0.0428. The van der Waals surface area contributed by atoms with Gasteiger partial charge in [-0.15, -0.1) is 0 Å². The fourth-order valence-corrected chi connectivity index (χ4v) is 6.46. The van der Waals surface area contributed by atoms with Crippen LogP contribution in [0.2, 0.25) is 0 Å². The van der Waals surface area contributed by atoms with Gasteiger partial charge in [-0.1, -0.05) is 105 Å². The van der Waals surface area contributed by atoms with E-state index in [4.69, 9.17) is 0 Å². The van der Waals surface area contributed by atoms with Crippen LogP contribution < -0.4 is 4.90 Å². The molecule has 6 rings (SSSR count). The van der Waals surface area contributed by atoms with Gasteiger partial charge in [-0.3, -0.25) is 0 Å². The lowest BCUT2D eigenvalue weighted by molar-refractivity contribution is 0.558. The summed E-state index contributed by atoms with van der Waals surface area (Å²) in [5, 5.41) is 0. The van der Waals surface area contributed by atoms with Gasteiger partial charge in [-0.05, 0) is 108 Å². The number of nitrogens with zero attached hydrogens (tertiary/aromatic N) is 1. The average Bonchev–Trinajstić information content (AvgIpc) is 3.15. The average molecular weight is 522 g/mol. The molecule has 1 aliphatic carbocycles. The quantitative estimate of drug-likeness (QED) is 0.227. The molecule has 0 radical (unpaired) electrons. The van der Waals surface area contributed by atoms with Crippen molar-refractivity contribution in [2.75, 3.05) is 4.90 Å². The maximum Gasteiger partial charge on any atom is 0.0451 e. The van der Waals surface area contributed by atoms with Gasteiger partial charge >= 0.3 is 0 Å². The molecule has 1 heteroatoms. The molecule has 200 valence electrons. The van der Waals surface area contributed by atoms with E-state index in [0.717, 1.165) is 0 Å². The Kier molecular flexibility index (Phi) is 6.22. The van der Waals surface area contributed by atoms with Gasteiger partial charge < -0.3 is 4.90 Å². The van der Waals surface area contributed by atoms with Crippen molar-refractivity contribution >= 4 is 11.4 Å². The molecule has 0 fully saturated rings. The van der Waals surface area contributed by atoms with E-state index in [1.54, 1.807) is 0 Å². The molecule has 0 aliphatic heterocycles. The van der Waals surface area contributed by atoms with Crippen LogP contribution in [0.3, 0.4) is 0 Å². The van der Waals surface area contributed by atoms with Gasteiger partial charge in [0.25, 0.3) is 0 Å². The Balaban J connectivity index is 1.55. The second kappa shape index (κ2) is 9.52. The third-order valence-electron chi connectivity index (χ3n) is 8.57. The van der Waals surface area contributed by atoms with Crippen LogP contribution in [0.4, 0.5) is 11.4 Å². The molecular weight excluding hydrogens is 482 g/mol. The number of benzene rings is 5. The Labute approximate surface area is 240 Å². The molecule has 1 aliphatic rings. The normalized spacial score (nSPS) is 13.6. The van der Waals surface area contributed by atoms with Crippen LogP contribution >= 0.6 is 0 Å². The lowest BCUT2D eigenvalue weighted by Gasteiger charge is -2.40. The molecule has 0 heterocycles. The highest BCUT2D eigenvalue weighted by Crippen LogP contribution is 2.52. The molecule has 0 aromatic heterocycles. The molecular formula is C39H39N. The van der Waals surface area contributed by atoms with E-state index >= 15 is 0 Å². The number of aryl methyl sites for hydroxylation is 2. The molecule has 40 heavy (non-hydrogen) atoms. The summed E-state index contributed by atoms with van der Waals surface area (Å²) in [6.07, 6.45) is 0. The van der Waals surface area contributed by atoms with E-state index in [-0.39, 0.29) is 11.0 Å². The van der Waals surface area contributed by atoms with Gasteiger partial charge in [0.1, 0.15) is 0 Å². The van der Waals surface area contributed by atoms with Crippen molar-refractivity contribution in [1.29, 1.82) is 0 Å². The second-order valence-corrected chi connectivity index (χ2v) is 12.8. The first-order chi connectivity index (χ1) is 19.1. The predicted octanol–water partition coefficient (Wildman–Crippen LogP) is 10.9. The first kappa shape index (κ1) is 26.1. The molecule has 0 saturated heterocycles. The van der Waals surface area contributed by atoms with E-state index < -0.39 is 0 Å². The minimum Gasteiger partial charge on any atom is -0.336 e. The molecule has 1 nitrogen and oxygen atoms in total. The van der Waals surface area contributed by atoms with Crippen molar-refractivity contribution < 1.29 is 0 Å². The van der Waals surface area contributed by atoms with E-state index in [9.17, 15) is 0 Å². The summed E-state index contributed by atoms with van der Waals surface area (Å²) in [6, 6.07) is 40.3. The number of anilines is 2.